The van der Waals surface area contributed by atoms with E-state index in [1.807, 2.05) is 11.9 Å². The lowest BCUT2D eigenvalue weighted by atomic mass is 10.3. The van der Waals surface area contributed by atoms with Crippen LogP contribution in [0.4, 0.5) is 5.00 Å². The van der Waals surface area contributed by atoms with E-state index in [0.717, 1.165) is 23.2 Å². The average molecular weight is 293 g/mol. The smallest absolute Gasteiger partial charge is 0.301 e. The van der Waals surface area contributed by atoms with Crippen LogP contribution in [0.25, 0.3) is 0 Å². The summed E-state index contributed by atoms with van der Waals surface area (Å²) in [4.78, 5) is 12.0. The van der Waals surface area contributed by atoms with Crippen molar-refractivity contribution >= 4 is 26.4 Å². The van der Waals surface area contributed by atoms with Gasteiger partial charge in [-0.25, -0.2) is 13.1 Å². The standard InChI is InChI=1S/C9H15N3O4S2/c1-11(4-3-10-18(2,15)16)6-8-5-9(12(13)14)17-7-8/h5,7,10H,3-4,6H2,1-2H3. The van der Waals surface area contributed by atoms with Crippen LogP contribution in [0.1, 0.15) is 5.56 Å². The Morgan fingerprint density at radius 1 is 1.56 bits per heavy atom. The van der Waals surface area contributed by atoms with E-state index in [0.29, 0.717) is 19.6 Å². The fourth-order valence-electron chi connectivity index (χ4n) is 1.35. The minimum atomic E-state index is -3.16. The second-order valence-electron chi connectivity index (χ2n) is 3.95. The van der Waals surface area contributed by atoms with Gasteiger partial charge in [0.25, 0.3) is 0 Å². The molecule has 0 radical (unpaired) electrons. The zero-order chi connectivity index (χ0) is 13.8. The monoisotopic (exact) mass is 293 g/mol. The zero-order valence-electron chi connectivity index (χ0n) is 10.1. The number of nitrogens with one attached hydrogen (secondary N) is 1. The first-order chi connectivity index (χ1) is 8.28. The molecule has 9 heteroatoms. The number of hydrogen-bond donors (Lipinski definition) is 1. The minimum absolute atomic E-state index is 0.118. The van der Waals surface area contributed by atoms with Crippen molar-refractivity contribution in [1.82, 2.24) is 9.62 Å². The summed E-state index contributed by atoms with van der Waals surface area (Å²) in [6, 6.07) is 1.53. The number of likely N-dealkylation sites (N-methyl/N-ethyl adjacent to an activating group) is 1. The van der Waals surface area contributed by atoms with E-state index in [4.69, 9.17) is 0 Å². The van der Waals surface area contributed by atoms with Crippen LogP contribution in [-0.2, 0) is 16.6 Å². The van der Waals surface area contributed by atoms with Crippen molar-refractivity contribution in [3.05, 3.63) is 27.1 Å². The summed E-state index contributed by atoms with van der Waals surface area (Å²) in [5.41, 5.74) is 0.855. The van der Waals surface area contributed by atoms with E-state index in [2.05, 4.69) is 4.72 Å². The highest BCUT2D eigenvalue weighted by Crippen LogP contribution is 2.23. The van der Waals surface area contributed by atoms with Gasteiger partial charge in [-0.2, -0.15) is 0 Å². The largest absolute Gasteiger partial charge is 0.324 e. The van der Waals surface area contributed by atoms with Crippen molar-refractivity contribution in [3.63, 3.8) is 0 Å². The molecule has 0 saturated heterocycles. The molecule has 0 aliphatic rings. The molecule has 102 valence electrons. The number of nitro groups is 1. The van der Waals surface area contributed by atoms with Crippen LogP contribution in [0, 0.1) is 10.1 Å². The van der Waals surface area contributed by atoms with Crippen molar-refractivity contribution in [2.75, 3.05) is 26.4 Å². The van der Waals surface area contributed by atoms with Crippen molar-refractivity contribution < 1.29 is 13.3 Å². The van der Waals surface area contributed by atoms with Crippen LogP contribution in [0.3, 0.4) is 0 Å². The van der Waals surface area contributed by atoms with E-state index in [1.165, 1.54) is 6.07 Å². The first-order valence-corrected chi connectivity index (χ1v) is 7.90. The highest BCUT2D eigenvalue weighted by molar-refractivity contribution is 7.88. The summed E-state index contributed by atoms with van der Waals surface area (Å²) in [7, 11) is -1.34. The molecule has 0 fully saturated rings. The van der Waals surface area contributed by atoms with E-state index < -0.39 is 14.9 Å². The summed E-state index contributed by atoms with van der Waals surface area (Å²) in [5, 5.41) is 12.4. The Morgan fingerprint density at radius 3 is 2.72 bits per heavy atom. The van der Waals surface area contributed by atoms with Gasteiger partial charge in [-0.1, -0.05) is 11.3 Å². The molecule has 0 unspecified atom stereocenters. The third-order valence-electron chi connectivity index (χ3n) is 2.13. The van der Waals surface area contributed by atoms with Crippen molar-refractivity contribution in [3.8, 4) is 0 Å². The molecule has 18 heavy (non-hydrogen) atoms. The molecule has 0 saturated carbocycles. The molecule has 1 N–H and O–H groups in total. The Balaban J connectivity index is 2.39. The first-order valence-electron chi connectivity index (χ1n) is 5.13. The van der Waals surface area contributed by atoms with Gasteiger partial charge in [0.05, 0.1) is 11.2 Å². The third-order valence-corrected chi connectivity index (χ3v) is 3.79. The molecular formula is C9H15N3O4S2. The van der Waals surface area contributed by atoms with Crippen molar-refractivity contribution in [2.45, 2.75) is 6.54 Å². The molecule has 1 aromatic rings. The maximum atomic E-state index is 10.8. The van der Waals surface area contributed by atoms with Gasteiger partial charge in [0, 0.05) is 31.1 Å². The molecule has 1 heterocycles. The van der Waals surface area contributed by atoms with E-state index >= 15 is 0 Å². The molecule has 0 spiro atoms. The SMILES string of the molecule is CN(CCNS(C)(=O)=O)Cc1csc([N+](=O)[O-])c1. The number of sulfonamides is 1. The second kappa shape index (κ2) is 6.23. The van der Waals surface area contributed by atoms with Crippen molar-refractivity contribution in [1.29, 1.82) is 0 Å². The topological polar surface area (TPSA) is 92.6 Å². The van der Waals surface area contributed by atoms with Crippen LogP contribution in [-0.4, -0.2) is 44.6 Å². The normalized spacial score (nSPS) is 11.9. The summed E-state index contributed by atoms with van der Waals surface area (Å²) in [6.07, 6.45) is 1.11. The lowest BCUT2D eigenvalue weighted by molar-refractivity contribution is -0.380. The Hall–Kier alpha value is -1.03. The van der Waals surface area contributed by atoms with Gasteiger partial charge in [-0.15, -0.1) is 0 Å². The number of nitrogens with zero attached hydrogens (tertiary/aromatic N) is 2. The maximum Gasteiger partial charge on any atom is 0.324 e. The highest BCUT2D eigenvalue weighted by Gasteiger charge is 2.11. The van der Waals surface area contributed by atoms with E-state index in [-0.39, 0.29) is 5.00 Å². The van der Waals surface area contributed by atoms with Crippen molar-refractivity contribution in [2.24, 2.45) is 0 Å². The predicted octanol–water partition coefficient (Wildman–Crippen LogP) is 0.637. The lowest BCUT2D eigenvalue weighted by Crippen LogP contribution is -2.31. The average Bonchev–Trinajstić information content (AvgIpc) is 2.64. The summed E-state index contributed by atoms with van der Waals surface area (Å²) < 4.78 is 24.1. The molecule has 0 amide bonds. The second-order valence-corrected chi connectivity index (χ2v) is 6.68. The summed E-state index contributed by atoms with van der Waals surface area (Å²) in [5.74, 6) is 0. The first kappa shape index (κ1) is 15.0. The van der Waals surface area contributed by atoms with Crippen LogP contribution in [0.15, 0.2) is 11.4 Å². The molecule has 0 atom stereocenters. The maximum absolute atomic E-state index is 10.8. The van der Waals surface area contributed by atoms with Gasteiger partial charge < -0.3 is 4.90 Å². The highest BCUT2D eigenvalue weighted by atomic mass is 32.2. The fraction of sp³-hybridized carbons (Fsp3) is 0.556. The zero-order valence-corrected chi connectivity index (χ0v) is 11.8. The van der Waals surface area contributed by atoms with Gasteiger partial charge in [-0.3, -0.25) is 10.1 Å². The molecular weight excluding hydrogens is 278 g/mol. The summed E-state index contributed by atoms with van der Waals surface area (Å²) >= 11 is 1.09. The van der Waals surface area contributed by atoms with E-state index in [9.17, 15) is 18.5 Å². The van der Waals surface area contributed by atoms with Gasteiger partial charge >= 0.3 is 5.00 Å². The molecule has 0 bridgehead atoms. The predicted molar refractivity (Wildman–Crippen MR) is 70.2 cm³/mol. The van der Waals surface area contributed by atoms with E-state index in [1.54, 1.807) is 5.38 Å². The van der Waals surface area contributed by atoms with Crippen LogP contribution < -0.4 is 4.72 Å². The Morgan fingerprint density at radius 2 is 2.22 bits per heavy atom. The Labute approximate surface area is 110 Å². The van der Waals surface area contributed by atoms with Crippen LogP contribution in [0.5, 0.6) is 0 Å². The number of hydrogen-bond acceptors (Lipinski definition) is 6. The quantitative estimate of drug-likeness (QED) is 0.588. The van der Waals surface area contributed by atoms with Gasteiger partial charge in [-0.05, 0) is 12.6 Å². The molecule has 1 rings (SSSR count). The Kier molecular flexibility index (Phi) is 5.20. The number of rotatable bonds is 7. The molecule has 0 aliphatic heterocycles. The molecule has 0 aromatic carbocycles. The van der Waals surface area contributed by atoms with Gasteiger partial charge in [0.2, 0.25) is 10.0 Å². The van der Waals surface area contributed by atoms with Gasteiger partial charge in [0.15, 0.2) is 0 Å². The molecule has 0 aliphatic carbocycles. The Bertz CT molecular complexity index is 512. The van der Waals surface area contributed by atoms with Crippen LogP contribution in [0.2, 0.25) is 0 Å². The molecule has 1 aromatic heterocycles. The van der Waals surface area contributed by atoms with Crippen LogP contribution >= 0.6 is 11.3 Å². The van der Waals surface area contributed by atoms with Gasteiger partial charge in [0.1, 0.15) is 0 Å². The fourth-order valence-corrected chi connectivity index (χ4v) is 2.54. The minimum Gasteiger partial charge on any atom is -0.301 e. The third kappa shape index (κ3) is 5.54. The molecule has 7 nitrogen and oxygen atoms in total. The summed E-state index contributed by atoms with van der Waals surface area (Å²) in [6.45, 7) is 1.41. The number of thiophene rings is 1. The lowest BCUT2D eigenvalue weighted by Gasteiger charge is -2.15.